The maximum absolute atomic E-state index is 10.9. The fraction of sp³-hybridized carbons (Fsp3) is 0.500. The molecule has 0 radical (unpaired) electrons. The normalized spacial score (nSPS) is 10.9. The first-order valence-electron chi connectivity index (χ1n) is 4.85. The molecule has 0 aliphatic carbocycles. The summed E-state index contributed by atoms with van der Waals surface area (Å²) >= 11 is 0. The van der Waals surface area contributed by atoms with Gasteiger partial charge in [-0.3, -0.25) is 4.79 Å². The number of methoxy groups -OCH3 is 1. The lowest BCUT2D eigenvalue weighted by atomic mass is 10.0. The van der Waals surface area contributed by atoms with Crippen LogP contribution in [0, 0.1) is 0 Å². The van der Waals surface area contributed by atoms with E-state index in [0.29, 0.717) is 11.7 Å². The highest BCUT2D eigenvalue weighted by Gasteiger charge is 2.20. The van der Waals surface area contributed by atoms with Crippen molar-refractivity contribution in [2.24, 2.45) is 5.73 Å². The van der Waals surface area contributed by atoms with Gasteiger partial charge in [-0.1, -0.05) is 0 Å². The molecule has 1 aromatic rings. The van der Waals surface area contributed by atoms with Crippen LogP contribution >= 0.6 is 0 Å². The molecule has 0 aromatic carbocycles. The highest BCUT2D eigenvalue weighted by Crippen LogP contribution is 2.18. The summed E-state index contributed by atoms with van der Waals surface area (Å²) in [5.41, 5.74) is 4.70. The van der Waals surface area contributed by atoms with Crippen LogP contribution in [0.15, 0.2) is 12.4 Å². The quantitative estimate of drug-likeness (QED) is 0.762. The van der Waals surface area contributed by atoms with Gasteiger partial charge in [0.05, 0.1) is 7.11 Å². The summed E-state index contributed by atoms with van der Waals surface area (Å²) in [6, 6.07) is 1.66. The highest BCUT2D eigenvalue weighted by molar-refractivity contribution is 5.75. The molecule has 16 heavy (non-hydrogen) atoms. The second kappa shape index (κ2) is 4.78. The summed E-state index contributed by atoms with van der Waals surface area (Å²) in [5, 5.41) is 3.09. The molecule has 3 N–H and O–H groups in total. The van der Waals surface area contributed by atoms with Crippen LogP contribution in [-0.2, 0) is 4.79 Å². The van der Waals surface area contributed by atoms with Crippen LogP contribution in [0.25, 0.3) is 0 Å². The Bertz CT molecular complexity index is 379. The Morgan fingerprint density at radius 2 is 2.25 bits per heavy atom. The number of carbonyl (C=O) groups excluding carboxylic acids is 1. The van der Waals surface area contributed by atoms with Gasteiger partial charge < -0.3 is 15.8 Å². The minimum atomic E-state index is -0.453. The third kappa shape index (κ3) is 3.72. The number of rotatable bonds is 5. The summed E-state index contributed by atoms with van der Waals surface area (Å²) in [7, 11) is 1.53. The Balaban J connectivity index is 2.75. The maximum atomic E-state index is 10.9. The SMILES string of the molecule is COc1cc(NC(C)(C)CC(N)=O)ncn1. The van der Waals surface area contributed by atoms with Crippen LogP contribution in [0.1, 0.15) is 20.3 Å². The number of ether oxygens (including phenoxy) is 1. The molecule has 0 fully saturated rings. The first-order valence-corrected chi connectivity index (χ1v) is 4.85. The predicted molar refractivity (Wildman–Crippen MR) is 60.1 cm³/mol. The average Bonchev–Trinajstić information content (AvgIpc) is 2.15. The fourth-order valence-electron chi connectivity index (χ4n) is 1.35. The van der Waals surface area contributed by atoms with Crippen molar-refractivity contribution >= 4 is 11.7 Å². The molecule has 0 atom stereocenters. The number of aromatic nitrogens is 2. The minimum Gasteiger partial charge on any atom is -0.481 e. The number of nitrogens with one attached hydrogen (secondary N) is 1. The number of anilines is 1. The lowest BCUT2D eigenvalue weighted by molar-refractivity contribution is -0.118. The minimum absolute atomic E-state index is 0.222. The molecule has 88 valence electrons. The van der Waals surface area contributed by atoms with Gasteiger partial charge in [0.25, 0.3) is 0 Å². The van der Waals surface area contributed by atoms with Crippen LogP contribution < -0.4 is 15.8 Å². The summed E-state index contributed by atoms with van der Waals surface area (Å²) in [6.45, 7) is 3.73. The second-order valence-corrected chi connectivity index (χ2v) is 4.10. The molecular formula is C10H16N4O2. The van der Waals surface area contributed by atoms with E-state index in [-0.39, 0.29) is 12.3 Å². The Morgan fingerprint density at radius 3 is 2.81 bits per heavy atom. The molecule has 0 bridgehead atoms. The molecule has 0 spiro atoms. The monoisotopic (exact) mass is 224 g/mol. The lowest BCUT2D eigenvalue weighted by Gasteiger charge is -2.25. The van der Waals surface area contributed by atoms with E-state index in [9.17, 15) is 4.79 Å². The van der Waals surface area contributed by atoms with E-state index in [4.69, 9.17) is 10.5 Å². The molecule has 1 aromatic heterocycles. The molecule has 6 heteroatoms. The summed E-state index contributed by atoms with van der Waals surface area (Å²) in [4.78, 5) is 18.8. The van der Waals surface area contributed by atoms with Gasteiger partial charge in [-0.25, -0.2) is 9.97 Å². The maximum Gasteiger partial charge on any atom is 0.219 e. The van der Waals surface area contributed by atoms with Crippen LogP contribution in [0.3, 0.4) is 0 Å². The van der Waals surface area contributed by atoms with Gasteiger partial charge in [-0.15, -0.1) is 0 Å². The van der Waals surface area contributed by atoms with Gasteiger partial charge in [0.2, 0.25) is 11.8 Å². The van der Waals surface area contributed by atoms with Crippen molar-refractivity contribution in [1.29, 1.82) is 0 Å². The van der Waals surface area contributed by atoms with Gasteiger partial charge in [0, 0.05) is 18.0 Å². The average molecular weight is 224 g/mol. The molecule has 0 aliphatic rings. The Morgan fingerprint density at radius 1 is 1.56 bits per heavy atom. The summed E-state index contributed by atoms with van der Waals surface area (Å²) < 4.78 is 4.97. The molecule has 0 saturated carbocycles. The fourth-order valence-corrected chi connectivity index (χ4v) is 1.35. The van der Waals surface area contributed by atoms with E-state index >= 15 is 0 Å². The van der Waals surface area contributed by atoms with Crippen LogP contribution in [0.5, 0.6) is 5.88 Å². The first kappa shape index (κ1) is 12.2. The number of nitrogens with two attached hydrogens (primary N) is 1. The van der Waals surface area contributed by atoms with Crippen LogP contribution in [0.4, 0.5) is 5.82 Å². The Hall–Kier alpha value is -1.85. The Labute approximate surface area is 94.2 Å². The zero-order valence-electron chi connectivity index (χ0n) is 9.65. The van der Waals surface area contributed by atoms with Crippen molar-refractivity contribution < 1.29 is 9.53 Å². The summed E-state index contributed by atoms with van der Waals surface area (Å²) in [5.74, 6) is 0.698. The van der Waals surface area contributed by atoms with Gasteiger partial charge in [-0.05, 0) is 13.8 Å². The molecule has 0 unspecified atom stereocenters. The number of carbonyl (C=O) groups is 1. The topological polar surface area (TPSA) is 90.1 Å². The molecule has 6 nitrogen and oxygen atoms in total. The number of nitrogens with zero attached hydrogens (tertiary/aromatic N) is 2. The highest BCUT2D eigenvalue weighted by atomic mass is 16.5. The van der Waals surface area contributed by atoms with Gasteiger partial charge >= 0.3 is 0 Å². The lowest BCUT2D eigenvalue weighted by Crippen LogP contribution is -2.36. The van der Waals surface area contributed by atoms with Crippen molar-refractivity contribution in [3.05, 3.63) is 12.4 Å². The molecule has 0 aliphatic heterocycles. The first-order chi connectivity index (χ1) is 7.43. The van der Waals surface area contributed by atoms with Crippen molar-refractivity contribution in [2.45, 2.75) is 25.8 Å². The van der Waals surface area contributed by atoms with Crippen molar-refractivity contribution in [2.75, 3.05) is 12.4 Å². The second-order valence-electron chi connectivity index (χ2n) is 4.10. The van der Waals surface area contributed by atoms with Crippen molar-refractivity contribution in [3.63, 3.8) is 0 Å². The van der Waals surface area contributed by atoms with E-state index in [0.717, 1.165) is 0 Å². The predicted octanol–water partition coefficient (Wildman–Crippen LogP) is 0.551. The van der Waals surface area contributed by atoms with E-state index in [1.165, 1.54) is 13.4 Å². The van der Waals surface area contributed by atoms with E-state index in [1.54, 1.807) is 6.07 Å². The summed E-state index contributed by atoms with van der Waals surface area (Å²) in [6.07, 6.45) is 1.61. The molecular weight excluding hydrogens is 208 g/mol. The smallest absolute Gasteiger partial charge is 0.219 e. The zero-order chi connectivity index (χ0) is 12.2. The van der Waals surface area contributed by atoms with Gasteiger partial charge in [-0.2, -0.15) is 0 Å². The standard InChI is InChI=1S/C10H16N4O2/c1-10(2,5-7(11)15)14-8-4-9(16-3)13-6-12-8/h4,6H,5H2,1-3H3,(H2,11,15)(H,12,13,14). The third-order valence-electron chi connectivity index (χ3n) is 1.93. The van der Waals surface area contributed by atoms with Crippen molar-refractivity contribution in [1.82, 2.24) is 9.97 Å². The molecule has 1 rings (SSSR count). The molecule has 1 heterocycles. The van der Waals surface area contributed by atoms with Crippen LogP contribution in [0.2, 0.25) is 0 Å². The zero-order valence-corrected chi connectivity index (χ0v) is 9.65. The third-order valence-corrected chi connectivity index (χ3v) is 1.93. The number of hydrogen-bond donors (Lipinski definition) is 2. The molecule has 0 saturated heterocycles. The van der Waals surface area contributed by atoms with E-state index < -0.39 is 5.54 Å². The number of hydrogen-bond acceptors (Lipinski definition) is 5. The number of primary amides is 1. The van der Waals surface area contributed by atoms with E-state index in [1.807, 2.05) is 13.8 Å². The van der Waals surface area contributed by atoms with Crippen LogP contribution in [-0.4, -0.2) is 28.5 Å². The molecule has 1 amide bonds. The van der Waals surface area contributed by atoms with Gasteiger partial charge in [0.1, 0.15) is 12.1 Å². The Kier molecular flexibility index (Phi) is 3.65. The van der Waals surface area contributed by atoms with Crippen molar-refractivity contribution in [3.8, 4) is 5.88 Å². The van der Waals surface area contributed by atoms with Gasteiger partial charge in [0.15, 0.2) is 0 Å². The largest absolute Gasteiger partial charge is 0.481 e. The number of amides is 1. The van der Waals surface area contributed by atoms with E-state index in [2.05, 4.69) is 15.3 Å².